The number of rotatable bonds is 3. The van der Waals surface area contributed by atoms with Crippen molar-refractivity contribution >= 4 is 22.5 Å². The SMILES string of the molecule is COc1c(F)cc(NC(=O)c2cc(C)nc3cc(F)ccc23)cc1F. The van der Waals surface area contributed by atoms with Crippen LogP contribution in [0.1, 0.15) is 16.1 Å². The topological polar surface area (TPSA) is 51.2 Å². The molecule has 7 heteroatoms. The lowest BCUT2D eigenvalue weighted by Gasteiger charge is -2.11. The number of halogens is 3. The van der Waals surface area contributed by atoms with Gasteiger partial charge in [-0.1, -0.05) is 0 Å². The zero-order valence-electron chi connectivity index (χ0n) is 13.4. The summed E-state index contributed by atoms with van der Waals surface area (Å²) in [6.45, 7) is 1.66. The number of hydrogen-bond acceptors (Lipinski definition) is 3. The van der Waals surface area contributed by atoms with E-state index in [0.717, 1.165) is 19.2 Å². The van der Waals surface area contributed by atoms with E-state index in [0.29, 0.717) is 16.6 Å². The Kier molecular flexibility index (Phi) is 4.31. The fourth-order valence-corrected chi connectivity index (χ4v) is 2.55. The molecule has 0 aliphatic carbocycles. The molecule has 0 fully saturated rings. The normalized spacial score (nSPS) is 10.8. The number of carbonyl (C=O) groups excluding carboxylic acids is 1. The van der Waals surface area contributed by atoms with Gasteiger partial charge in [0.15, 0.2) is 17.4 Å². The van der Waals surface area contributed by atoms with E-state index in [1.54, 1.807) is 6.92 Å². The van der Waals surface area contributed by atoms with Crippen LogP contribution in [0.3, 0.4) is 0 Å². The first-order valence-corrected chi connectivity index (χ1v) is 7.30. The lowest BCUT2D eigenvalue weighted by molar-refractivity contribution is 0.102. The Balaban J connectivity index is 2.01. The molecule has 3 aromatic rings. The molecule has 25 heavy (non-hydrogen) atoms. The molecular weight excluding hydrogens is 333 g/mol. The van der Waals surface area contributed by atoms with Crippen molar-refractivity contribution in [2.24, 2.45) is 0 Å². The van der Waals surface area contributed by atoms with Gasteiger partial charge < -0.3 is 10.1 Å². The summed E-state index contributed by atoms with van der Waals surface area (Å²) in [5.41, 5.74) is 0.984. The highest BCUT2D eigenvalue weighted by molar-refractivity contribution is 6.12. The van der Waals surface area contributed by atoms with Gasteiger partial charge in [-0.3, -0.25) is 9.78 Å². The van der Waals surface area contributed by atoms with Gasteiger partial charge in [-0.2, -0.15) is 0 Å². The number of methoxy groups -OCH3 is 1. The molecule has 0 spiro atoms. The minimum atomic E-state index is -0.935. The molecule has 0 unspecified atom stereocenters. The van der Waals surface area contributed by atoms with Crippen LogP contribution in [0.25, 0.3) is 10.9 Å². The Morgan fingerprint density at radius 1 is 1.08 bits per heavy atom. The zero-order chi connectivity index (χ0) is 18.1. The Labute approximate surface area is 141 Å². The first kappa shape index (κ1) is 16.8. The van der Waals surface area contributed by atoms with Gasteiger partial charge in [-0.05, 0) is 25.1 Å². The number of aromatic nitrogens is 1. The molecule has 3 rings (SSSR count). The number of fused-ring (bicyclic) bond motifs is 1. The van der Waals surface area contributed by atoms with Crippen LogP contribution in [-0.2, 0) is 0 Å². The van der Waals surface area contributed by atoms with Gasteiger partial charge in [-0.25, -0.2) is 13.2 Å². The monoisotopic (exact) mass is 346 g/mol. The summed E-state index contributed by atoms with van der Waals surface area (Å²) >= 11 is 0. The summed E-state index contributed by atoms with van der Waals surface area (Å²) in [7, 11) is 1.14. The Hall–Kier alpha value is -3.09. The number of benzene rings is 2. The number of aryl methyl sites for hydroxylation is 1. The lowest BCUT2D eigenvalue weighted by Crippen LogP contribution is -2.14. The molecule has 1 heterocycles. The molecule has 1 amide bonds. The number of carbonyl (C=O) groups is 1. The molecule has 0 radical (unpaired) electrons. The highest BCUT2D eigenvalue weighted by atomic mass is 19.1. The zero-order valence-corrected chi connectivity index (χ0v) is 13.4. The van der Waals surface area contributed by atoms with Crippen molar-refractivity contribution in [2.75, 3.05) is 12.4 Å². The van der Waals surface area contributed by atoms with Crippen LogP contribution in [0.4, 0.5) is 18.9 Å². The van der Waals surface area contributed by atoms with Gasteiger partial charge >= 0.3 is 0 Å². The van der Waals surface area contributed by atoms with Crippen LogP contribution in [0, 0.1) is 24.4 Å². The van der Waals surface area contributed by atoms with E-state index >= 15 is 0 Å². The number of amides is 1. The number of hydrogen-bond donors (Lipinski definition) is 1. The van der Waals surface area contributed by atoms with Crippen molar-refractivity contribution in [2.45, 2.75) is 6.92 Å². The second kappa shape index (κ2) is 6.43. The number of pyridine rings is 1. The molecule has 0 bridgehead atoms. The molecule has 128 valence electrons. The van der Waals surface area contributed by atoms with Crippen LogP contribution in [-0.4, -0.2) is 18.0 Å². The van der Waals surface area contributed by atoms with Gasteiger partial charge in [0.1, 0.15) is 5.82 Å². The van der Waals surface area contributed by atoms with Gasteiger partial charge in [0, 0.05) is 35.0 Å². The average Bonchev–Trinajstić information content (AvgIpc) is 2.53. The molecule has 0 atom stereocenters. The van der Waals surface area contributed by atoms with E-state index in [-0.39, 0.29) is 11.3 Å². The van der Waals surface area contributed by atoms with Gasteiger partial charge in [0.25, 0.3) is 5.91 Å². The summed E-state index contributed by atoms with van der Waals surface area (Å²) in [5.74, 6) is -3.47. The van der Waals surface area contributed by atoms with E-state index in [2.05, 4.69) is 15.0 Å². The first-order chi connectivity index (χ1) is 11.9. The number of nitrogens with one attached hydrogen (secondary N) is 1. The smallest absolute Gasteiger partial charge is 0.256 e. The predicted octanol–water partition coefficient (Wildman–Crippen LogP) is 4.22. The summed E-state index contributed by atoms with van der Waals surface area (Å²) in [4.78, 5) is 16.7. The van der Waals surface area contributed by atoms with E-state index in [9.17, 15) is 18.0 Å². The first-order valence-electron chi connectivity index (χ1n) is 7.30. The Bertz CT molecular complexity index is 961. The maximum Gasteiger partial charge on any atom is 0.256 e. The van der Waals surface area contributed by atoms with E-state index in [1.165, 1.54) is 24.3 Å². The maximum absolute atomic E-state index is 13.8. The fourth-order valence-electron chi connectivity index (χ4n) is 2.55. The average molecular weight is 346 g/mol. The molecule has 4 nitrogen and oxygen atoms in total. The van der Waals surface area contributed by atoms with Crippen LogP contribution in [0.15, 0.2) is 36.4 Å². The molecule has 0 saturated carbocycles. The molecule has 0 saturated heterocycles. The fraction of sp³-hybridized carbons (Fsp3) is 0.111. The van der Waals surface area contributed by atoms with Gasteiger partial charge in [0.2, 0.25) is 0 Å². The van der Waals surface area contributed by atoms with Crippen LogP contribution < -0.4 is 10.1 Å². The molecular formula is C18H13F3N2O2. The van der Waals surface area contributed by atoms with Crippen LogP contribution >= 0.6 is 0 Å². The van der Waals surface area contributed by atoms with Crippen LogP contribution in [0.2, 0.25) is 0 Å². The second-order valence-electron chi connectivity index (χ2n) is 5.40. The van der Waals surface area contributed by atoms with Gasteiger partial charge in [0.05, 0.1) is 18.2 Å². The largest absolute Gasteiger partial charge is 0.491 e. The quantitative estimate of drug-likeness (QED) is 0.772. The Morgan fingerprint density at radius 3 is 2.40 bits per heavy atom. The van der Waals surface area contributed by atoms with Crippen LogP contribution in [0.5, 0.6) is 5.75 Å². The standard InChI is InChI=1S/C18H13F3N2O2/c1-9-5-13(12-4-3-10(19)6-16(12)22-9)18(24)23-11-7-14(20)17(25-2)15(21)8-11/h3-8H,1-2H3,(H,23,24). The maximum atomic E-state index is 13.8. The minimum Gasteiger partial charge on any atom is -0.491 e. The summed E-state index contributed by atoms with van der Waals surface area (Å²) in [6.07, 6.45) is 0. The molecule has 1 aromatic heterocycles. The number of nitrogens with zero attached hydrogens (tertiary/aromatic N) is 1. The third-order valence-corrected chi connectivity index (χ3v) is 3.60. The van der Waals surface area contributed by atoms with E-state index in [1.807, 2.05) is 0 Å². The lowest BCUT2D eigenvalue weighted by atomic mass is 10.1. The predicted molar refractivity (Wildman–Crippen MR) is 87.3 cm³/mol. The van der Waals surface area contributed by atoms with Crippen molar-refractivity contribution in [3.63, 3.8) is 0 Å². The highest BCUT2D eigenvalue weighted by Crippen LogP contribution is 2.26. The summed E-state index contributed by atoms with van der Waals surface area (Å²) in [6, 6.07) is 7.28. The number of ether oxygens (including phenoxy) is 1. The van der Waals surface area contributed by atoms with Crippen molar-refractivity contribution < 1.29 is 22.7 Å². The highest BCUT2D eigenvalue weighted by Gasteiger charge is 2.16. The third-order valence-electron chi connectivity index (χ3n) is 3.60. The summed E-state index contributed by atoms with van der Waals surface area (Å²) in [5, 5.41) is 2.86. The molecule has 0 aliphatic heterocycles. The van der Waals surface area contributed by atoms with Crippen molar-refractivity contribution in [3.8, 4) is 5.75 Å². The molecule has 2 aromatic carbocycles. The van der Waals surface area contributed by atoms with Gasteiger partial charge in [-0.15, -0.1) is 0 Å². The molecule has 1 N–H and O–H groups in total. The van der Waals surface area contributed by atoms with Crippen molar-refractivity contribution in [1.82, 2.24) is 4.98 Å². The minimum absolute atomic E-state index is 0.0643. The number of anilines is 1. The Morgan fingerprint density at radius 2 is 1.76 bits per heavy atom. The molecule has 0 aliphatic rings. The second-order valence-corrected chi connectivity index (χ2v) is 5.40. The van der Waals surface area contributed by atoms with E-state index < -0.39 is 29.1 Å². The van der Waals surface area contributed by atoms with Crippen molar-refractivity contribution in [3.05, 3.63) is 65.1 Å². The van der Waals surface area contributed by atoms with E-state index in [4.69, 9.17) is 0 Å². The van der Waals surface area contributed by atoms with Crippen molar-refractivity contribution in [1.29, 1.82) is 0 Å². The third kappa shape index (κ3) is 3.26. The summed E-state index contributed by atoms with van der Waals surface area (Å²) < 4.78 is 45.5.